The van der Waals surface area contributed by atoms with Crippen molar-refractivity contribution in [2.24, 2.45) is 0 Å². The first-order valence-electron chi connectivity index (χ1n) is 10.4. The summed E-state index contributed by atoms with van der Waals surface area (Å²) in [6.07, 6.45) is -7.87. The second-order valence-corrected chi connectivity index (χ2v) is 8.01. The van der Waals surface area contributed by atoms with E-state index >= 15 is 0 Å². The average molecular weight is 474 g/mol. The van der Waals surface area contributed by atoms with E-state index in [1.54, 1.807) is 31.3 Å². The van der Waals surface area contributed by atoms with Gasteiger partial charge in [-0.2, -0.15) is 26.3 Å². The molecule has 0 unspecified atom stereocenters. The Bertz CT molecular complexity index is 934. The van der Waals surface area contributed by atoms with E-state index in [0.717, 1.165) is 5.69 Å². The second-order valence-electron chi connectivity index (χ2n) is 8.01. The number of aromatic nitrogens is 1. The number of amides is 1. The number of halogens is 6. The molecule has 1 amide bonds. The zero-order valence-corrected chi connectivity index (χ0v) is 18.0. The lowest BCUT2D eigenvalue weighted by atomic mass is 9.90. The van der Waals surface area contributed by atoms with E-state index in [-0.39, 0.29) is 23.7 Å². The van der Waals surface area contributed by atoms with Crippen molar-refractivity contribution in [1.82, 2.24) is 10.3 Å². The van der Waals surface area contributed by atoms with Crippen LogP contribution in [-0.4, -0.2) is 37.1 Å². The fraction of sp³-hybridized carbons (Fsp3) is 0.455. The van der Waals surface area contributed by atoms with Crippen molar-refractivity contribution in [1.29, 1.82) is 0 Å². The zero-order valence-electron chi connectivity index (χ0n) is 18.0. The molecule has 1 heterocycles. The van der Waals surface area contributed by atoms with Gasteiger partial charge in [0, 0.05) is 43.1 Å². The molecule has 1 aromatic heterocycles. The molecule has 0 spiro atoms. The van der Waals surface area contributed by atoms with E-state index in [9.17, 15) is 31.1 Å². The van der Waals surface area contributed by atoms with Gasteiger partial charge in [-0.05, 0) is 62.1 Å². The molecule has 0 saturated heterocycles. The van der Waals surface area contributed by atoms with E-state index in [4.69, 9.17) is 0 Å². The SMILES string of the molecule is CNc1ccc(C(=O)N[C@H]2CC[C@@H](N(C)c3cc(C(F)(F)F)nc(C(F)(F)F)c3)CC2)cc1. The lowest BCUT2D eigenvalue weighted by molar-refractivity contribution is -0.150. The molecule has 5 nitrogen and oxygen atoms in total. The Morgan fingerprint density at radius 1 is 0.939 bits per heavy atom. The van der Waals surface area contributed by atoms with Crippen molar-refractivity contribution >= 4 is 17.3 Å². The number of nitrogens with zero attached hydrogens (tertiary/aromatic N) is 2. The number of pyridine rings is 1. The van der Waals surface area contributed by atoms with Crippen LogP contribution in [0.1, 0.15) is 47.4 Å². The van der Waals surface area contributed by atoms with Gasteiger partial charge >= 0.3 is 12.4 Å². The fourth-order valence-corrected chi connectivity index (χ4v) is 3.89. The molecule has 2 aromatic rings. The molecule has 180 valence electrons. The van der Waals surface area contributed by atoms with Crippen LogP contribution in [0.5, 0.6) is 0 Å². The third-order valence-electron chi connectivity index (χ3n) is 5.81. The van der Waals surface area contributed by atoms with Gasteiger partial charge in [0.15, 0.2) is 0 Å². The summed E-state index contributed by atoms with van der Waals surface area (Å²) >= 11 is 0. The largest absolute Gasteiger partial charge is 0.433 e. The maximum Gasteiger partial charge on any atom is 0.433 e. The topological polar surface area (TPSA) is 57.3 Å². The number of hydrogen-bond acceptors (Lipinski definition) is 4. The molecule has 1 aromatic carbocycles. The van der Waals surface area contributed by atoms with Crippen LogP contribution in [-0.2, 0) is 12.4 Å². The third kappa shape index (κ3) is 6.08. The molecule has 0 radical (unpaired) electrons. The van der Waals surface area contributed by atoms with Crippen LogP contribution in [0, 0.1) is 0 Å². The molecule has 1 aliphatic rings. The first-order chi connectivity index (χ1) is 15.4. The quantitative estimate of drug-likeness (QED) is 0.575. The Balaban J connectivity index is 1.66. The summed E-state index contributed by atoms with van der Waals surface area (Å²) in [6.45, 7) is 0. The van der Waals surface area contributed by atoms with Crippen LogP contribution in [0.3, 0.4) is 0 Å². The summed E-state index contributed by atoms with van der Waals surface area (Å²) < 4.78 is 78.6. The van der Waals surface area contributed by atoms with Gasteiger partial charge in [0.25, 0.3) is 5.91 Å². The first kappa shape index (κ1) is 24.7. The monoisotopic (exact) mass is 474 g/mol. The van der Waals surface area contributed by atoms with Gasteiger partial charge in [0.2, 0.25) is 0 Å². The summed E-state index contributed by atoms with van der Waals surface area (Å²) in [5, 5.41) is 5.91. The van der Waals surface area contributed by atoms with Crippen molar-refractivity contribution < 1.29 is 31.1 Å². The number of carbonyl (C=O) groups excluding carboxylic acids is 1. The predicted octanol–water partition coefficient (Wildman–Crippen LogP) is 5.34. The average Bonchev–Trinajstić information content (AvgIpc) is 2.77. The Morgan fingerprint density at radius 3 is 1.91 bits per heavy atom. The van der Waals surface area contributed by atoms with Gasteiger partial charge in [-0.1, -0.05) is 0 Å². The van der Waals surface area contributed by atoms with Crippen LogP contribution < -0.4 is 15.5 Å². The Hall–Kier alpha value is -2.98. The molecule has 0 atom stereocenters. The molecule has 3 rings (SSSR count). The number of benzene rings is 1. The Morgan fingerprint density at radius 2 is 1.45 bits per heavy atom. The normalized spacial score (nSPS) is 19.2. The fourth-order valence-electron chi connectivity index (χ4n) is 3.89. The highest BCUT2D eigenvalue weighted by atomic mass is 19.4. The summed E-state index contributed by atoms with van der Waals surface area (Å²) in [7, 11) is 3.24. The lowest BCUT2D eigenvalue weighted by Gasteiger charge is -2.36. The molecular weight excluding hydrogens is 450 g/mol. The van der Waals surface area contributed by atoms with Gasteiger partial charge in [0.05, 0.1) is 0 Å². The van der Waals surface area contributed by atoms with Gasteiger partial charge < -0.3 is 15.5 Å². The first-order valence-corrected chi connectivity index (χ1v) is 10.4. The minimum absolute atomic E-state index is 0.125. The molecule has 1 saturated carbocycles. The predicted molar refractivity (Wildman–Crippen MR) is 112 cm³/mol. The lowest BCUT2D eigenvalue weighted by Crippen LogP contribution is -2.43. The van der Waals surface area contributed by atoms with E-state index in [2.05, 4.69) is 15.6 Å². The molecule has 0 bridgehead atoms. The zero-order chi connectivity index (χ0) is 24.4. The third-order valence-corrected chi connectivity index (χ3v) is 5.81. The molecule has 1 fully saturated rings. The standard InChI is InChI=1S/C22H24F6N4O/c1-29-14-5-3-13(4-6-14)20(33)30-15-7-9-16(10-8-15)32(2)17-11-18(21(23,24)25)31-19(12-17)22(26,27)28/h3-6,11-12,15-16,29H,7-10H2,1-2H3,(H,30,33)/t15-,16+. The Labute approximate surface area is 187 Å². The van der Waals surface area contributed by atoms with Crippen molar-refractivity contribution in [2.45, 2.75) is 50.1 Å². The van der Waals surface area contributed by atoms with Crippen LogP contribution in [0.15, 0.2) is 36.4 Å². The summed E-state index contributed by atoms with van der Waals surface area (Å²) in [5.74, 6) is -0.228. The number of anilines is 2. The smallest absolute Gasteiger partial charge is 0.388 e. The second kappa shape index (κ2) is 9.48. The minimum Gasteiger partial charge on any atom is -0.388 e. The number of rotatable bonds is 5. The van der Waals surface area contributed by atoms with Crippen LogP contribution >= 0.6 is 0 Å². The summed E-state index contributed by atoms with van der Waals surface area (Å²) in [4.78, 5) is 16.6. The molecule has 11 heteroatoms. The van der Waals surface area contributed by atoms with Crippen LogP contribution in [0.4, 0.5) is 37.7 Å². The van der Waals surface area contributed by atoms with Crippen molar-refractivity contribution in [2.75, 3.05) is 24.3 Å². The molecule has 1 aliphatic carbocycles. The van der Waals surface area contributed by atoms with Crippen molar-refractivity contribution in [3.8, 4) is 0 Å². The van der Waals surface area contributed by atoms with Crippen molar-refractivity contribution in [3.63, 3.8) is 0 Å². The minimum atomic E-state index is -5.00. The van der Waals surface area contributed by atoms with E-state index in [0.29, 0.717) is 43.4 Å². The van der Waals surface area contributed by atoms with E-state index in [1.165, 1.54) is 11.9 Å². The molecule has 33 heavy (non-hydrogen) atoms. The molecule has 2 N–H and O–H groups in total. The van der Waals surface area contributed by atoms with E-state index < -0.39 is 23.7 Å². The highest BCUT2D eigenvalue weighted by molar-refractivity contribution is 5.94. The van der Waals surface area contributed by atoms with Gasteiger partial charge in [-0.15, -0.1) is 0 Å². The van der Waals surface area contributed by atoms with Gasteiger partial charge in [-0.25, -0.2) is 4.98 Å². The van der Waals surface area contributed by atoms with Crippen LogP contribution in [0.25, 0.3) is 0 Å². The highest BCUT2D eigenvalue weighted by Gasteiger charge is 2.39. The maximum atomic E-state index is 13.1. The molecular formula is C22H24F6N4O. The summed E-state index contributed by atoms with van der Waals surface area (Å²) in [6, 6.07) is 7.83. The number of nitrogens with one attached hydrogen (secondary N) is 2. The van der Waals surface area contributed by atoms with Crippen LogP contribution in [0.2, 0.25) is 0 Å². The maximum absolute atomic E-state index is 13.1. The summed E-state index contributed by atoms with van der Waals surface area (Å²) in [5.41, 5.74) is -1.98. The van der Waals surface area contributed by atoms with E-state index in [1.807, 2.05) is 0 Å². The van der Waals surface area contributed by atoms with Gasteiger partial charge in [-0.3, -0.25) is 4.79 Å². The molecule has 0 aliphatic heterocycles. The number of carbonyl (C=O) groups is 1. The highest BCUT2D eigenvalue weighted by Crippen LogP contribution is 2.37. The van der Waals surface area contributed by atoms with Crippen molar-refractivity contribution in [3.05, 3.63) is 53.3 Å². The Kier molecular flexibility index (Phi) is 7.08. The number of hydrogen-bond donors (Lipinski definition) is 2. The van der Waals surface area contributed by atoms with Gasteiger partial charge in [0.1, 0.15) is 11.4 Å². The number of alkyl halides is 6.